The maximum absolute atomic E-state index is 13.4. The van der Waals surface area contributed by atoms with E-state index in [2.05, 4.69) is 5.32 Å². The number of nitrogens with two attached hydrogens (primary N) is 1. The van der Waals surface area contributed by atoms with Crippen molar-refractivity contribution < 1.29 is 18.3 Å². The molecule has 0 radical (unpaired) electrons. The number of methoxy groups -OCH3 is 1. The monoisotopic (exact) mass is 258 g/mol. The Labute approximate surface area is 104 Å². The Kier molecular flexibility index (Phi) is 5.03. The number of rotatable bonds is 5. The first-order chi connectivity index (χ1) is 8.49. The van der Waals surface area contributed by atoms with E-state index >= 15 is 0 Å². The van der Waals surface area contributed by atoms with Crippen LogP contribution in [0.5, 0.6) is 0 Å². The van der Waals surface area contributed by atoms with Crippen molar-refractivity contribution in [3.8, 4) is 0 Å². The number of nitrogen functional groups attached to an aromatic ring is 1. The number of amides is 1. The molecule has 0 aliphatic rings. The molecule has 0 aromatic heterocycles. The summed E-state index contributed by atoms with van der Waals surface area (Å²) in [7, 11) is 1.51. The average molecular weight is 258 g/mol. The predicted molar refractivity (Wildman–Crippen MR) is 64.2 cm³/mol. The second-order valence-electron chi connectivity index (χ2n) is 3.89. The first-order valence-electron chi connectivity index (χ1n) is 5.53. The fraction of sp³-hybridized carbons (Fsp3) is 0.417. The van der Waals surface area contributed by atoms with Crippen LogP contribution in [0.25, 0.3) is 0 Å². The molecule has 6 heteroatoms. The van der Waals surface area contributed by atoms with Gasteiger partial charge in [-0.2, -0.15) is 0 Å². The molecule has 0 fully saturated rings. The normalized spacial score (nSPS) is 12.2. The summed E-state index contributed by atoms with van der Waals surface area (Å²) < 4.78 is 31.3. The van der Waals surface area contributed by atoms with Crippen molar-refractivity contribution in [2.45, 2.75) is 19.4 Å². The van der Waals surface area contributed by atoms with Gasteiger partial charge in [-0.25, -0.2) is 8.78 Å². The largest absolute Gasteiger partial charge is 0.396 e. The zero-order chi connectivity index (χ0) is 13.7. The molecule has 0 aliphatic heterocycles. The lowest BCUT2D eigenvalue weighted by Gasteiger charge is -2.16. The van der Waals surface area contributed by atoms with Crippen LogP contribution in [0.15, 0.2) is 12.1 Å². The third kappa shape index (κ3) is 3.40. The number of carbonyl (C=O) groups is 1. The van der Waals surface area contributed by atoms with Gasteiger partial charge in [0.25, 0.3) is 5.91 Å². The number of benzene rings is 1. The number of anilines is 1. The number of nitrogens with one attached hydrogen (secondary N) is 1. The molecule has 1 rings (SSSR count). The SMILES string of the molecule is CCC(COC)NC(=O)c1cc(N)c(F)cc1F. The van der Waals surface area contributed by atoms with E-state index in [1.165, 1.54) is 7.11 Å². The first kappa shape index (κ1) is 14.4. The van der Waals surface area contributed by atoms with Crippen molar-refractivity contribution in [3.63, 3.8) is 0 Å². The molecule has 0 saturated carbocycles. The summed E-state index contributed by atoms with van der Waals surface area (Å²) in [4.78, 5) is 11.8. The Morgan fingerprint density at radius 3 is 2.67 bits per heavy atom. The zero-order valence-electron chi connectivity index (χ0n) is 10.3. The van der Waals surface area contributed by atoms with Gasteiger partial charge in [-0.15, -0.1) is 0 Å². The highest BCUT2D eigenvalue weighted by Gasteiger charge is 2.17. The molecule has 1 aromatic rings. The van der Waals surface area contributed by atoms with Crippen LogP contribution in [0.1, 0.15) is 23.7 Å². The summed E-state index contributed by atoms with van der Waals surface area (Å²) in [5.74, 6) is -2.46. The summed E-state index contributed by atoms with van der Waals surface area (Å²) in [6.07, 6.45) is 0.637. The summed E-state index contributed by atoms with van der Waals surface area (Å²) in [6, 6.07) is 1.36. The Bertz CT molecular complexity index is 438. The molecule has 3 N–H and O–H groups in total. The van der Waals surface area contributed by atoms with E-state index in [-0.39, 0.29) is 17.3 Å². The lowest BCUT2D eigenvalue weighted by molar-refractivity contribution is 0.0890. The lowest BCUT2D eigenvalue weighted by Crippen LogP contribution is -2.38. The van der Waals surface area contributed by atoms with Gasteiger partial charge in [-0.05, 0) is 12.5 Å². The summed E-state index contributed by atoms with van der Waals surface area (Å²) in [6.45, 7) is 2.18. The maximum Gasteiger partial charge on any atom is 0.254 e. The first-order valence-corrected chi connectivity index (χ1v) is 5.53. The fourth-order valence-electron chi connectivity index (χ4n) is 1.47. The van der Waals surface area contributed by atoms with Gasteiger partial charge in [0.05, 0.1) is 23.9 Å². The van der Waals surface area contributed by atoms with E-state index in [0.29, 0.717) is 19.1 Å². The highest BCUT2D eigenvalue weighted by Crippen LogP contribution is 2.16. The fourth-order valence-corrected chi connectivity index (χ4v) is 1.47. The van der Waals surface area contributed by atoms with Crippen LogP contribution in [0.2, 0.25) is 0 Å². The second-order valence-corrected chi connectivity index (χ2v) is 3.89. The molecule has 1 amide bonds. The third-order valence-electron chi connectivity index (χ3n) is 2.53. The van der Waals surface area contributed by atoms with Crippen LogP contribution in [0, 0.1) is 11.6 Å². The Hall–Kier alpha value is -1.69. The number of halogens is 2. The topological polar surface area (TPSA) is 64.3 Å². The van der Waals surface area contributed by atoms with Crippen LogP contribution < -0.4 is 11.1 Å². The number of hydrogen-bond donors (Lipinski definition) is 2. The van der Waals surface area contributed by atoms with Crippen molar-refractivity contribution in [2.75, 3.05) is 19.5 Å². The van der Waals surface area contributed by atoms with Crippen molar-refractivity contribution in [1.29, 1.82) is 0 Å². The molecule has 0 bridgehead atoms. The minimum absolute atomic E-state index is 0.229. The van der Waals surface area contributed by atoms with Crippen LogP contribution in [0.4, 0.5) is 14.5 Å². The van der Waals surface area contributed by atoms with Crippen LogP contribution >= 0.6 is 0 Å². The molecule has 1 aromatic carbocycles. The number of hydrogen-bond acceptors (Lipinski definition) is 3. The van der Waals surface area contributed by atoms with E-state index in [1.807, 2.05) is 6.92 Å². The zero-order valence-corrected chi connectivity index (χ0v) is 10.3. The molecule has 1 atom stereocenters. The van der Waals surface area contributed by atoms with Crippen molar-refractivity contribution in [2.24, 2.45) is 0 Å². The van der Waals surface area contributed by atoms with Gasteiger partial charge in [-0.3, -0.25) is 4.79 Å². The van der Waals surface area contributed by atoms with Crippen molar-refractivity contribution in [3.05, 3.63) is 29.3 Å². The van der Waals surface area contributed by atoms with E-state index < -0.39 is 17.5 Å². The van der Waals surface area contributed by atoms with Gasteiger partial charge in [-0.1, -0.05) is 6.92 Å². The highest BCUT2D eigenvalue weighted by atomic mass is 19.1. The molecule has 1 unspecified atom stereocenters. The van der Waals surface area contributed by atoms with Gasteiger partial charge >= 0.3 is 0 Å². The van der Waals surface area contributed by atoms with E-state index in [1.54, 1.807) is 0 Å². The van der Waals surface area contributed by atoms with E-state index in [9.17, 15) is 13.6 Å². The molecule has 0 spiro atoms. The second kappa shape index (κ2) is 6.30. The third-order valence-corrected chi connectivity index (χ3v) is 2.53. The van der Waals surface area contributed by atoms with Gasteiger partial charge < -0.3 is 15.8 Å². The quantitative estimate of drug-likeness (QED) is 0.790. The minimum atomic E-state index is -0.938. The molecule has 0 aliphatic carbocycles. The van der Waals surface area contributed by atoms with E-state index in [4.69, 9.17) is 10.5 Å². The molecule has 18 heavy (non-hydrogen) atoms. The molecule has 4 nitrogen and oxygen atoms in total. The van der Waals surface area contributed by atoms with Gasteiger partial charge in [0.15, 0.2) is 0 Å². The summed E-state index contributed by atoms with van der Waals surface area (Å²) in [5, 5.41) is 2.59. The average Bonchev–Trinajstić information content (AvgIpc) is 2.33. The minimum Gasteiger partial charge on any atom is -0.396 e. The van der Waals surface area contributed by atoms with Gasteiger partial charge in [0, 0.05) is 13.2 Å². The Morgan fingerprint density at radius 1 is 1.44 bits per heavy atom. The van der Waals surface area contributed by atoms with Gasteiger partial charge in [0.2, 0.25) is 0 Å². The summed E-state index contributed by atoms with van der Waals surface area (Å²) >= 11 is 0. The standard InChI is InChI=1S/C12H16F2N2O2/c1-3-7(6-18-2)16-12(17)8-4-11(15)10(14)5-9(8)13/h4-5,7H,3,6,15H2,1-2H3,(H,16,17). The van der Waals surface area contributed by atoms with Gasteiger partial charge in [0.1, 0.15) is 11.6 Å². The highest BCUT2D eigenvalue weighted by molar-refractivity contribution is 5.95. The maximum atomic E-state index is 13.4. The van der Waals surface area contributed by atoms with Crippen LogP contribution in [-0.2, 0) is 4.74 Å². The molecule has 100 valence electrons. The molecule has 0 heterocycles. The molecule has 0 saturated heterocycles. The van der Waals surface area contributed by atoms with Crippen molar-refractivity contribution >= 4 is 11.6 Å². The smallest absolute Gasteiger partial charge is 0.254 e. The predicted octanol–water partition coefficient (Wildman–Crippen LogP) is 1.70. The Morgan fingerprint density at radius 2 is 2.11 bits per heavy atom. The van der Waals surface area contributed by atoms with Crippen LogP contribution in [0.3, 0.4) is 0 Å². The van der Waals surface area contributed by atoms with Crippen molar-refractivity contribution in [1.82, 2.24) is 5.32 Å². The van der Waals surface area contributed by atoms with E-state index in [0.717, 1.165) is 6.07 Å². The number of carbonyl (C=O) groups excluding carboxylic acids is 1. The van der Waals surface area contributed by atoms with Crippen LogP contribution in [-0.4, -0.2) is 25.7 Å². The summed E-state index contributed by atoms with van der Waals surface area (Å²) in [5.41, 5.74) is 4.77. The molecular formula is C12H16F2N2O2. The lowest BCUT2D eigenvalue weighted by atomic mass is 10.1. The number of ether oxygens (including phenoxy) is 1. The Balaban J connectivity index is 2.87. The molecular weight excluding hydrogens is 242 g/mol.